The van der Waals surface area contributed by atoms with Crippen molar-refractivity contribution < 1.29 is 0 Å². The normalized spacial score (nSPS) is 11.3. The maximum atomic E-state index is 9.92. The molecular weight excluding hydrogens is 887 g/mol. The van der Waals surface area contributed by atoms with E-state index < -0.39 is 0 Å². The maximum absolute atomic E-state index is 9.92. The summed E-state index contributed by atoms with van der Waals surface area (Å²) in [6, 6.07) is 94.4. The van der Waals surface area contributed by atoms with Crippen LogP contribution < -0.4 is 4.90 Å². The number of hydrogen-bond donors (Lipinski definition) is 0. The van der Waals surface area contributed by atoms with E-state index in [1.165, 1.54) is 0 Å². The van der Waals surface area contributed by atoms with Crippen LogP contribution in [0.15, 0.2) is 261 Å². The summed E-state index contributed by atoms with van der Waals surface area (Å²) in [6.07, 6.45) is 0. The highest BCUT2D eigenvalue weighted by Gasteiger charge is 2.22. The van der Waals surface area contributed by atoms with Gasteiger partial charge in [-0.1, -0.05) is 158 Å². The molecule has 13 aromatic rings. The highest BCUT2D eigenvalue weighted by molar-refractivity contribution is 6.13. The minimum absolute atomic E-state index is 0.558. The zero-order valence-corrected chi connectivity index (χ0v) is 39.6. The predicted octanol–water partition coefficient (Wildman–Crippen LogP) is 18.4. The second-order valence-corrected chi connectivity index (χ2v) is 18.4. The molecule has 0 saturated heterocycles. The third-order valence-electron chi connectivity index (χ3n) is 14.1. The Kier molecular flexibility index (Phi) is 10.5. The van der Waals surface area contributed by atoms with Crippen LogP contribution in [-0.2, 0) is 0 Å². The number of rotatable bonds is 9. The molecule has 0 atom stereocenters. The van der Waals surface area contributed by atoms with Gasteiger partial charge in [-0.25, -0.2) is 4.85 Å². The summed E-state index contributed by atoms with van der Waals surface area (Å²) in [4.78, 5) is 5.97. The van der Waals surface area contributed by atoms with Crippen LogP contribution >= 0.6 is 0 Å². The highest BCUT2D eigenvalue weighted by Crippen LogP contribution is 2.44. The average Bonchev–Trinajstić information content (AvgIpc) is 3.98. The molecule has 0 N–H and O–H groups in total. The fourth-order valence-corrected chi connectivity index (χ4v) is 10.6. The van der Waals surface area contributed by atoms with Crippen molar-refractivity contribution >= 4 is 66.4 Å². The van der Waals surface area contributed by atoms with Gasteiger partial charge in [-0.2, -0.15) is 5.26 Å². The molecule has 73 heavy (non-hydrogen) atoms. The van der Waals surface area contributed by atoms with Crippen molar-refractivity contribution in [2.45, 2.75) is 0 Å². The van der Waals surface area contributed by atoms with Gasteiger partial charge in [0.25, 0.3) is 0 Å². The van der Waals surface area contributed by atoms with Crippen LogP contribution in [-0.4, -0.2) is 9.13 Å². The molecule has 0 aliphatic rings. The Morgan fingerprint density at radius 3 is 0.973 bits per heavy atom. The van der Waals surface area contributed by atoms with E-state index in [0.29, 0.717) is 11.3 Å². The van der Waals surface area contributed by atoms with Gasteiger partial charge in [0.15, 0.2) is 5.69 Å². The molecule has 0 bridgehead atoms. The molecule has 0 amide bonds. The zero-order chi connectivity index (χ0) is 48.8. The molecule has 0 fully saturated rings. The summed E-state index contributed by atoms with van der Waals surface area (Å²) in [6.45, 7) is 7.80. The third-order valence-corrected chi connectivity index (χ3v) is 14.1. The number of benzene rings is 11. The molecule has 11 aromatic carbocycles. The van der Waals surface area contributed by atoms with Crippen LogP contribution in [0, 0.1) is 17.9 Å². The smallest absolute Gasteiger partial charge is 0.187 e. The van der Waals surface area contributed by atoms with Gasteiger partial charge in [-0.3, -0.25) is 0 Å². The number of anilines is 3. The lowest BCUT2D eigenvalue weighted by Crippen LogP contribution is -2.11. The van der Waals surface area contributed by atoms with Crippen molar-refractivity contribution in [2.24, 2.45) is 0 Å². The quantitative estimate of drug-likeness (QED) is 0.135. The van der Waals surface area contributed by atoms with Crippen molar-refractivity contribution in [2.75, 3.05) is 4.90 Å². The average molecular weight is 930 g/mol. The molecule has 5 nitrogen and oxygen atoms in total. The van der Waals surface area contributed by atoms with Gasteiger partial charge in [0.2, 0.25) is 0 Å². The van der Waals surface area contributed by atoms with Gasteiger partial charge in [0, 0.05) is 32.9 Å². The standard InChI is InChI=1S/C68H43N5/c1-70-55-28-32-57(33-29-55)71(56-30-22-46(45-69)23-31-56)58-42-59(72-65-34-24-51(47-14-6-2-7-15-47)38-61(65)62-39-52(25-35-66(62)72)48-16-8-3-9-17-48)44-60(43-58)73-67-36-26-53(49-18-10-4-11-19-49)40-63(67)64-41-54(27-37-68(64)73)50-20-12-5-13-21-50/h2-44H. The summed E-state index contributed by atoms with van der Waals surface area (Å²) in [5.74, 6) is 0. The summed E-state index contributed by atoms with van der Waals surface area (Å²) in [5.41, 5.74) is 19.3. The van der Waals surface area contributed by atoms with Crippen molar-refractivity contribution in [3.63, 3.8) is 0 Å². The van der Waals surface area contributed by atoms with Crippen LogP contribution in [0.5, 0.6) is 0 Å². The summed E-state index contributed by atoms with van der Waals surface area (Å²) in [7, 11) is 0. The Balaban J connectivity index is 1.13. The first-order chi connectivity index (χ1) is 36.1. The summed E-state index contributed by atoms with van der Waals surface area (Å²) < 4.78 is 4.82. The van der Waals surface area contributed by atoms with Crippen LogP contribution in [0.4, 0.5) is 22.7 Å². The molecule has 0 radical (unpaired) electrons. The Morgan fingerprint density at radius 2 is 0.658 bits per heavy atom. The minimum atomic E-state index is 0.558. The number of aromatic nitrogens is 2. The lowest BCUT2D eigenvalue weighted by atomic mass is 10.0. The second-order valence-electron chi connectivity index (χ2n) is 18.4. The lowest BCUT2D eigenvalue weighted by Gasteiger charge is -2.27. The molecule has 340 valence electrons. The van der Waals surface area contributed by atoms with Crippen molar-refractivity contribution in [3.8, 4) is 62.0 Å². The number of fused-ring (bicyclic) bond motifs is 6. The Hall–Kier alpha value is -10.2. The number of nitriles is 1. The van der Waals surface area contributed by atoms with Crippen LogP contribution in [0.3, 0.4) is 0 Å². The Morgan fingerprint density at radius 1 is 0.329 bits per heavy atom. The second kappa shape index (κ2) is 18.0. The van der Waals surface area contributed by atoms with Gasteiger partial charge in [0.1, 0.15) is 0 Å². The maximum Gasteiger partial charge on any atom is 0.187 e. The molecule has 13 rings (SSSR count). The predicted molar refractivity (Wildman–Crippen MR) is 303 cm³/mol. The fourth-order valence-electron chi connectivity index (χ4n) is 10.6. The van der Waals surface area contributed by atoms with Crippen molar-refractivity contribution in [1.82, 2.24) is 9.13 Å². The van der Waals surface area contributed by atoms with Gasteiger partial charge in [-0.15, -0.1) is 0 Å². The van der Waals surface area contributed by atoms with Gasteiger partial charge in [0.05, 0.1) is 57.3 Å². The summed E-state index contributed by atoms with van der Waals surface area (Å²) >= 11 is 0. The van der Waals surface area contributed by atoms with Gasteiger partial charge >= 0.3 is 0 Å². The molecule has 0 aliphatic carbocycles. The fraction of sp³-hybridized carbons (Fsp3) is 0. The van der Waals surface area contributed by atoms with E-state index in [1.54, 1.807) is 0 Å². The molecule has 0 aliphatic heterocycles. The largest absolute Gasteiger partial charge is 0.310 e. The van der Waals surface area contributed by atoms with E-state index in [-0.39, 0.29) is 0 Å². The topological polar surface area (TPSA) is 41.2 Å². The zero-order valence-electron chi connectivity index (χ0n) is 39.6. The Labute approximate surface area is 423 Å². The molecule has 2 heterocycles. The van der Waals surface area contributed by atoms with Crippen LogP contribution in [0.1, 0.15) is 5.56 Å². The first-order valence-corrected chi connectivity index (χ1v) is 24.4. The van der Waals surface area contributed by atoms with Crippen molar-refractivity contribution in [3.05, 3.63) is 278 Å². The lowest BCUT2D eigenvalue weighted by molar-refractivity contribution is 1.12. The van der Waals surface area contributed by atoms with Gasteiger partial charge in [-0.05, 0) is 148 Å². The first kappa shape index (κ1) is 42.9. The highest BCUT2D eigenvalue weighted by atomic mass is 15.1. The number of nitrogens with zero attached hydrogens (tertiary/aromatic N) is 5. The van der Waals surface area contributed by atoms with E-state index in [4.69, 9.17) is 6.57 Å². The van der Waals surface area contributed by atoms with Crippen LogP contribution in [0.2, 0.25) is 0 Å². The SMILES string of the molecule is [C-]#[N+]c1ccc(N(c2ccc(C#N)cc2)c2cc(-n3c4ccc(-c5ccccc5)cc4c4cc(-c5ccccc5)ccc43)cc(-n3c4ccc(-c5ccccc5)cc4c4cc(-c5ccccc5)ccc43)c2)cc1. The molecule has 0 spiro atoms. The Bertz CT molecular complexity index is 3820. The van der Waals surface area contributed by atoms with E-state index in [9.17, 15) is 5.26 Å². The first-order valence-electron chi connectivity index (χ1n) is 24.4. The number of hydrogen-bond acceptors (Lipinski definition) is 2. The van der Waals surface area contributed by atoms with E-state index in [0.717, 1.165) is 117 Å². The van der Waals surface area contributed by atoms with Gasteiger partial charge < -0.3 is 14.0 Å². The van der Waals surface area contributed by atoms with E-state index in [2.05, 4.69) is 237 Å². The molecular formula is C68H43N5. The molecule has 0 unspecified atom stereocenters. The minimum Gasteiger partial charge on any atom is -0.310 e. The van der Waals surface area contributed by atoms with E-state index in [1.807, 2.05) is 48.5 Å². The molecule has 0 saturated carbocycles. The molecule has 5 heteroatoms. The molecule has 2 aromatic heterocycles. The summed E-state index contributed by atoms with van der Waals surface area (Å²) in [5, 5.41) is 14.5. The van der Waals surface area contributed by atoms with E-state index >= 15 is 0 Å². The third kappa shape index (κ3) is 7.67. The monoisotopic (exact) mass is 929 g/mol. The van der Waals surface area contributed by atoms with Crippen molar-refractivity contribution in [1.29, 1.82) is 5.26 Å². The van der Waals surface area contributed by atoms with Crippen LogP contribution in [0.25, 0.3) is 104 Å².